The lowest BCUT2D eigenvalue weighted by Crippen LogP contribution is -2.40. The number of nitrogens with zero attached hydrogens (tertiary/aromatic N) is 1. The Bertz CT molecular complexity index is 935. The SMILES string of the molecule is C\C=C(C(=O)NC1CCC(Oc2ccc(C#N)c(Cl)c2)CC1)/C(F)=C\C(C)=C(/C)CC. The zero-order valence-corrected chi connectivity index (χ0v) is 19.4. The Kier molecular flexibility index (Phi) is 9.33. The molecule has 0 aliphatic heterocycles. The van der Waals surface area contributed by atoms with E-state index < -0.39 is 5.83 Å². The van der Waals surface area contributed by atoms with Crippen molar-refractivity contribution in [2.45, 2.75) is 71.9 Å². The molecule has 4 nitrogen and oxygen atoms in total. The first-order valence-corrected chi connectivity index (χ1v) is 11.0. The number of allylic oxidation sites excluding steroid dienone is 4. The first-order chi connectivity index (χ1) is 14.8. The molecule has 0 unspecified atom stereocenters. The van der Waals surface area contributed by atoms with Gasteiger partial charge < -0.3 is 10.1 Å². The number of ether oxygens (including phenoxy) is 1. The van der Waals surface area contributed by atoms with E-state index in [-0.39, 0.29) is 23.6 Å². The Morgan fingerprint density at radius 3 is 2.55 bits per heavy atom. The van der Waals surface area contributed by atoms with Gasteiger partial charge in [-0.3, -0.25) is 4.79 Å². The molecule has 1 aliphatic rings. The van der Waals surface area contributed by atoms with Crippen molar-refractivity contribution in [1.82, 2.24) is 5.32 Å². The third kappa shape index (κ3) is 6.97. The van der Waals surface area contributed by atoms with Crippen molar-refractivity contribution in [2.24, 2.45) is 0 Å². The van der Waals surface area contributed by atoms with Crippen LogP contribution < -0.4 is 10.1 Å². The molecule has 1 saturated carbocycles. The molecule has 0 aromatic heterocycles. The molecule has 0 heterocycles. The van der Waals surface area contributed by atoms with Crippen molar-refractivity contribution >= 4 is 17.5 Å². The number of nitriles is 1. The van der Waals surface area contributed by atoms with E-state index in [0.717, 1.165) is 43.3 Å². The van der Waals surface area contributed by atoms with Gasteiger partial charge in [-0.25, -0.2) is 4.39 Å². The standard InChI is InChI=1S/C25H30ClFN2O2/c1-5-16(3)17(4)13-24(27)22(6-2)25(30)29-19-8-11-20(12-9-19)31-21-10-7-18(15-28)23(26)14-21/h6-7,10,13-14,19-20H,5,8-9,11-12H2,1-4H3,(H,29,30)/b17-16+,22-6+,24-13+. The van der Waals surface area contributed by atoms with Crippen LogP contribution in [0.15, 0.2) is 52.9 Å². The summed E-state index contributed by atoms with van der Waals surface area (Å²) in [4.78, 5) is 12.6. The maximum absolute atomic E-state index is 14.7. The lowest BCUT2D eigenvalue weighted by atomic mass is 9.92. The number of benzene rings is 1. The van der Waals surface area contributed by atoms with E-state index in [4.69, 9.17) is 21.6 Å². The monoisotopic (exact) mass is 444 g/mol. The van der Waals surface area contributed by atoms with Crippen LogP contribution in [0.3, 0.4) is 0 Å². The van der Waals surface area contributed by atoms with Crippen molar-refractivity contribution in [3.8, 4) is 11.8 Å². The average molecular weight is 445 g/mol. The van der Waals surface area contributed by atoms with Gasteiger partial charge in [0.05, 0.1) is 22.3 Å². The first kappa shape index (κ1) is 24.7. The number of rotatable bonds is 7. The molecule has 1 fully saturated rings. The Balaban J connectivity index is 1.91. The van der Waals surface area contributed by atoms with Crippen LogP contribution in [0.25, 0.3) is 0 Å². The fourth-order valence-corrected chi connectivity index (χ4v) is 3.70. The summed E-state index contributed by atoms with van der Waals surface area (Å²) in [7, 11) is 0. The molecule has 1 amide bonds. The minimum Gasteiger partial charge on any atom is -0.490 e. The van der Waals surface area contributed by atoms with Gasteiger partial charge in [0.15, 0.2) is 0 Å². The topological polar surface area (TPSA) is 62.1 Å². The van der Waals surface area contributed by atoms with Crippen LogP contribution in [0.4, 0.5) is 4.39 Å². The van der Waals surface area contributed by atoms with Crippen molar-refractivity contribution in [2.75, 3.05) is 0 Å². The molecule has 1 N–H and O–H groups in total. The summed E-state index contributed by atoms with van der Waals surface area (Å²) in [5.41, 5.74) is 2.41. The summed E-state index contributed by atoms with van der Waals surface area (Å²) < 4.78 is 20.6. The molecule has 0 bridgehead atoms. The Morgan fingerprint density at radius 2 is 2.00 bits per heavy atom. The normalized spacial score (nSPS) is 20.5. The highest BCUT2D eigenvalue weighted by atomic mass is 35.5. The Hall–Kier alpha value is -2.58. The van der Waals surface area contributed by atoms with Crippen molar-refractivity contribution in [3.05, 3.63) is 63.5 Å². The average Bonchev–Trinajstić information content (AvgIpc) is 2.75. The number of carbonyl (C=O) groups excluding carboxylic acids is 1. The third-order valence-corrected chi connectivity index (χ3v) is 6.02. The molecule has 1 aliphatic carbocycles. The number of halogens is 2. The zero-order valence-electron chi connectivity index (χ0n) is 18.6. The zero-order chi connectivity index (χ0) is 23.0. The molecule has 1 aromatic rings. The summed E-state index contributed by atoms with van der Waals surface area (Å²) in [5.74, 6) is -0.271. The van der Waals surface area contributed by atoms with Crippen molar-refractivity contribution < 1.29 is 13.9 Å². The lowest BCUT2D eigenvalue weighted by molar-refractivity contribution is -0.118. The lowest BCUT2D eigenvalue weighted by Gasteiger charge is -2.29. The molecule has 2 rings (SSSR count). The van der Waals surface area contributed by atoms with E-state index in [2.05, 4.69) is 5.32 Å². The molecule has 1 aromatic carbocycles. The molecule has 0 atom stereocenters. The molecule has 0 spiro atoms. The first-order valence-electron chi connectivity index (χ1n) is 10.7. The minimum absolute atomic E-state index is 0.0137. The fraction of sp³-hybridized carbons (Fsp3) is 0.440. The quantitative estimate of drug-likeness (QED) is 0.382. The molecular weight excluding hydrogens is 415 g/mol. The molecule has 6 heteroatoms. The van der Waals surface area contributed by atoms with Gasteiger partial charge in [0.1, 0.15) is 17.6 Å². The minimum atomic E-state index is -0.514. The van der Waals surface area contributed by atoms with Crippen LogP contribution in [0.2, 0.25) is 5.02 Å². The highest BCUT2D eigenvalue weighted by molar-refractivity contribution is 6.31. The third-order valence-electron chi connectivity index (χ3n) is 5.71. The smallest absolute Gasteiger partial charge is 0.254 e. The van der Waals surface area contributed by atoms with Gasteiger partial charge in [-0.1, -0.05) is 30.2 Å². The number of amides is 1. The van der Waals surface area contributed by atoms with E-state index in [9.17, 15) is 9.18 Å². The largest absolute Gasteiger partial charge is 0.490 e. The van der Waals surface area contributed by atoms with E-state index in [1.807, 2.05) is 26.8 Å². The molecule has 0 radical (unpaired) electrons. The van der Waals surface area contributed by atoms with E-state index in [1.165, 1.54) is 12.2 Å². The van der Waals surface area contributed by atoms with Crippen molar-refractivity contribution in [1.29, 1.82) is 5.26 Å². The second-order valence-corrected chi connectivity index (χ2v) is 8.24. The van der Waals surface area contributed by atoms with Crippen LogP contribution >= 0.6 is 11.6 Å². The van der Waals surface area contributed by atoms with Gasteiger partial charge in [0, 0.05) is 12.1 Å². The highest BCUT2D eigenvalue weighted by Crippen LogP contribution is 2.27. The summed E-state index contributed by atoms with van der Waals surface area (Å²) >= 11 is 6.06. The summed E-state index contributed by atoms with van der Waals surface area (Å²) in [6.07, 6.45) is 6.83. The number of carbonyl (C=O) groups is 1. The maximum atomic E-state index is 14.7. The van der Waals surface area contributed by atoms with Crippen molar-refractivity contribution in [3.63, 3.8) is 0 Å². The molecule has 31 heavy (non-hydrogen) atoms. The van der Waals surface area contributed by atoms with Crippen LogP contribution in [0.5, 0.6) is 5.75 Å². The van der Waals surface area contributed by atoms with Crippen LogP contribution in [-0.4, -0.2) is 18.1 Å². The fourth-order valence-electron chi connectivity index (χ4n) is 3.49. The van der Waals surface area contributed by atoms with Crippen LogP contribution in [0.1, 0.15) is 65.4 Å². The van der Waals surface area contributed by atoms with Gasteiger partial charge in [0.25, 0.3) is 5.91 Å². The van der Waals surface area contributed by atoms with E-state index >= 15 is 0 Å². The predicted octanol–water partition coefficient (Wildman–Crippen LogP) is 6.56. The van der Waals surface area contributed by atoms with E-state index in [1.54, 1.807) is 25.1 Å². The molecular formula is C25H30ClFN2O2. The highest BCUT2D eigenvalue weighted by Gasteiger charge is 2.25. The Morgan fingerprint density at radius 1 is 1.32 bits per heavy atom. The van der Waals surface area contributed by atoms with Crippen LogP contribution in [0, 0.1) is 11.3 Å². The second kappa shape index (κ2) is 11.7. The van der Waals surface area contributed by atoms with Crippen LogP contribution in [-0.2, 0) is 4.79 Å². The van der Waals surface area contributed by atoms with Gasteiger partial charge in [-0.15, -0.1) is 0 Å². The molecule has 166 valence electrons. The van der Waals surface area contributed by atoms with Gasteiger partial charge >= 0.3 is 0 Å². The van der Waals surface area contributed by atoms with Gasteiger partial charge in [-0.2, -0.15) is 5.26 Å². The summed E-state index contributed by atoms with van der Waals surface area (Å²) in [6, 6.07) is 7.04. The molecule has 0 saturated heterocycles. The van der Waals surface area contributed by atoms with Gasteiger partial charge in [-0.05, 0) is 76.7 Å². The maximum Gasteiger partial charge on any atom is 0.254 e. The number of hydrogen-bond donors (Lipinski definition) is 1. The predicted molar refractivity (Wildman–Crippen MR) is 123 cm³/mol. The van der Waals surface area contributed by atoms with Gasteiger partial charge in [0.2, 0.25) is 0 Å². The van der Waals surface area contributed by atoms with E-state index in [0.29, 0.717) is 16.3 Å². The second-order valence-electron chi connectivity index (χ2n) is 7.83. The number of nitrogens with one attached hydrogen (secondary N) is 1. The number of hydrogen-bond acceptors (Lipinski definition) is 3. The summed E-state index contributed by atoms with van der Waals surface area (Å²) in [6.45, 7) is 7.50. The Labute approximate surface area is 189 Å². The summed E-state index contributed by atoms with van der Waals surface area (Å²) in [5, 5.41) is 12.3.